The topological polar surface area (TPSA) is 45.4 Å². The molecule has 0 amide bonds. The second kappa shape index (κ2) is 5.72. The summed E-state index contributed by atoms with van der Waals surface area (Å²) in [6.45, 7) is 4.67. The molecule has 1 aromatic heterocycles. The molecule has 19 heavy (non-hydrogen) atoms. The molecule has 2 N–H and O–H groups in total. The minimum Gasteiger partial charge on any atom is -0.460 e. The van der Waals surface area contributed by atoms with E-state index >= 15 is 0 Å². The molecule has 1 heterocycles. The maximum absolute atomic E-state index is 13.1. The van der Waals surface area contributed by atoms with Crippen molar-refractivity contribution in [1.29, 1.82) is 0 Å². The number of aliphatic hydroxyl groups excluding tert-OH is 1. The Bertz CT molecular complexity index is 552. The van der Waals surface area contributed by atoms with Crippen LogP contribution in [0.1, 0.15) is 32.4 Å². The lowest BCUT2D eigenvalue weighted by atomic mass is 9.97. The standard InChI is InChI=1S/C15H20FNO2/c1-3-6-15(2,10-18)17-9-13-8-11-7-12(16)4-5-14(11)19-13/h4-5,7-8,17-18H,3,6,9-10H2,1-2H3. The largest absolute Gasteiger partial charge is 0.460 e. The van der Waals surface area contributed by atoms with E-state index < -0.39 is 0 Å². The van der Waals surface area contributed by atoms with E-state index in [0.717, 1.165) is 24.0 Å². The van der Waals surface area contributed by atoms with E-state index in [9.17, 15) is 9.50 Å². The highest BCUT2D eigenvalue weighted by molar-refractivity contribution is 5.77. The summed E-state index contributed by atoms with van der Waals surface area (Å²) in [5, 5.41) is 13.5. The minimum absolute atomic E-state index is 0.0791. The van der Waals surface area contributed by atoms with Crippen molar-refractivity contribution >= 4 is 11.0 Å². The Morgan fingerprint density at radius 1 is 1.37 bits per heavy atom. The van der Waals surface area contributed by atoms with Crippen LogP contribution >= 0.6 is 0 Å². The van der Waals surface area contributed by atoms with Crippen LogP contribution in [0.4, 0.5) is 4.39 Å². The fourth-order valence-corrected chi connectivity index (χ4v) is 2.23. The van der Waals surface area contributed by atoms with Crippen LogP contribution in [-0.2, 0) is 6.54 Å². The number of aliphatic hydroxyl groups is 1. The number of fused-ring (bicyclic) bond motifs is 1. The molecule has 0 bridgehead atoms. The maximum Gasteiger partial charge on any atom is 0.134 e. The fourth-order valence-electron chi connectivity index (χ4n) is 2.23. The van der Waals surface area contributed by atoms with E-state index in [1.165, 1.54) is 12.1 Å². The molecule has 3 nitrogen and oxygen atoms in total. The molecule has 1 unspecified atom stereocenters. The maximum atomic E-state index is 13.1. The van der Waals surface area contributed by atoms with Crippen molar-refractivity contribution in [3.8, 4) is 0 Å². The Hall–Kier alpha value is -1.39. The number of rotatable bonds is 6. The summed E-state index contributed by atoms with van der Waals surface area (Å²) in [6, 6.07) is 6.30. The van der Waals surface area contributed by atoms with Crippen LogP contribution in [0, 0.1) is 5.82 Å². The number of halogens is 1. The van der Waals surface area contributed by atoms with Gasteiger partial charge in [0, 0.05) is 10.9 Å². The van der Waals surface area contributed by atoms with Crippen LogP contribution in [0.25, 0.3) is 11.0 Å². The van der Waals surface area contributed by atoms with Crippen LogP contribution in [0.3, 0.4) is 0 Å². The molecule has 104 valence electrons. The normalized spacial score (nSPS) is 14.7. The van der Waals surface area contributed by atoms with Gasteiger partial charge < -0.3 is 14.8 Å². The quantitative estimate of drug-likeness (QED) is 0.843. The van der Waals surface area contributed by atoms with Crippen molar-refractivity contribution in [3.05, 3.63) is 35.8 Å². The Kier molecular flexibility index (Phi) is 4.22. The average Bonchev–Trinajstić information content (AvgIpc) is 2.79. The van der Waals surface area contributed by atoms with Crippen LogP contribution in [-0.4, -0.2) is 17.3 Å². The molecule has 0 fully saturated rings. The molecule has 0 aliphatic carbocycles. The second-order valence-corrected chi connectivity index (χ2v) is 5.22. The Morgan fingerprint density at radius 2 is 2.16 bits per heavy atom. The van der Waals surface area contributed by atoms with Gasteiger partial charge in [0.1, 0.15) is 17.2 Å². The third kappa shape index (κ3) is 3.33. The molecule has 1 atom stereocenters. The highest BCUT2D eigenvalue weighted by Crippen LogP contribution is 2.21. The molecule has 2 aromatic rings. The SMILES string of the molecule is CCCC(C)(CO)NCc1cc2cc(F)ccc2o1. The van der Waals surface area contributed by atoms with E-state index in [-0.39, 0.29) is 18.0 Å². The van der Waals surface area contributed by atoms with Gasteiger partial charge in [-0.05, 0) is 37.6 Å². The summed E-state index contributed by atoms with van der Waals surface area (Å²) in [7, 11) is 0. The van der Waals surface area contributed by atoms with Crippen molar-refractivity contribution < 1.29 is 13.9 Å². The van der Waals surface area contributed by atoms with Crippen molar-refractivity contribution in [2.24, 2.45) is 0 Å². The monoisotopic (exact) mass is 265 g/mol. The highest BCUT2D eigenvalue weighted by atomic mass is 19.1. The van der Waals surface area contributed by atoms with Gasteiger partial charge in [-0.3, -0.25) is 0 Å². The van der Waals surface area contributed by atoms with Crippen LogP contribution in [0.15, 0.2) is 28.7 Å². The first kappa shape index (κ1) is 14.0. The summed E-state index contributed by atoms with van der Waals surface area (Å²) < 4.78 is 18.7. The van der Waals surface area contributed by atoms with Gasteiger partial charge in [0.05, 0.1) is 13.2 Å². The van der Waals surface area contributed by atoms with Gasteiger partial charge in [0.2, 0.25) is 0 Å². The minimum atomic E-state index is -0.307. The molecule has 0 saturated carbocycles. The number of benzene rings is 1. The third-order valence-electron chi connectivity index (χ3n) is 3.37. The summed E-state index contributed by atoms with van der Waals surface area (Å²) >= 11 is 0. The Labute approximate surface area is 112 Å². The molecule has 0 aliphatic rings. The van der Waals surface area contributed by atoms with Crippen molar-refractivity contribution in [2.45, 2.75) is 38.8 Å². The molecule has 2 rings (SSSR count). The summed E-state index contributed by atoms with van der Waals surface area (Å²) in [5.74, 6) is 0.482. The van der Waals surface area contributed by atoms with Gasteiger partial charge in [-0.2, -0.15) is 0 Å². The van der Waals surface area contributed by atoms with Crippen molar-refractivity contribution in [2.75, 3.05) is 6.61 Å². The smallest absolute Gasteiger partial charge is 0.134 e. The molecule has 4 heteroatoms. The zero-order valence-electron chi connectivity index (χ0n) is 11.4. The molecule has 1 aromatic carbocycles. The first-order chi connectivity index (χ1) is 9.06. The first-order valence-corrected chi connectivity index (χ1v) is 6.60. The third-order valence-corrected chi connectivity index (χ3v) is 3.37. The van der Waals surface area contributed by atoms with E-state index in [4.69, 9.17) is 4.42 Å². The zero-order valence-corrected chi connectivity index (χ0v) is 11.4. The Morgan fingerprint density at radius 3 is 2.84 bits per heavy atom. The lowest BCUT2D eigenvalue weighted by Gasteiger charge is -2.28. The molecule has 0 saturated heterocycles. The highest BCUT2D eigenvalue weighted by Gasteiger charge is 2.21. The zero-order chi connectivity index (χ0) is 13.9. The van der Waals surface area contributed by atoms with E-state index in [1.54, 1.807) is 6.07 Å². The van der Waals surface area contributed by atoms with Gasteiger partial charge in [-0.25, -0.2) is 4.39 Å². The van der Waals surface area contributed by atoms with Crippen molar-refractivity contribution in [1.82, 2.24) is 5.32 Å². The van der Waals surface area contributed by atoms with Crippen LogP contribution in [0.5, 0.6) is 0 Å². The number of nitrogens with one attached hydrogen (secondary N) is 1. The average molecular weight is 265 g/mol. The number of hydrogen-bond acceptors (Lipinski definition) is 3. The summed E-state index contributed by atoms with van der Waals surface area (Å²) in [6.07, 6.45) is 1.88. The Balaban J connectivity index is 2.09. The van der Waals surface area contributed by atoms with Crippen molar-refractivity contribution in [3.63, 3.8) is 0 Å². The van der Waals surface area contributed by atoms with E-state index in [1.807, 2.05) is 13.0 Å². The summed E-state index contributed by atoms with van der Waals surface area (Å²) in [4.78, 5) is 0. The molecule has 0 spiro atoms. The predicted octanol–water partition coefficient (Wildman–Crippen LogP) is 3.21. The van der Waals surface area contributed by atoms with Gasteiger partial charge in [-0.1, -0.05) is 13.3 Å². The van der Waals surface area contributed by atoms with Crippen LogP contribution < -0.4 is 5.32 Å². The van der Waals surface area contributed by atoms with Crippen LogP contribution in [0.2, 0.25) is 0 Å². The van der Waals surface area contributed by atoms with Gasteiger partial charge in [0.15, 0.2) is 0 Å². The van der Waals surface area contributed by atoms with E-state index in [2.05, 4.69) is 12.2 Å². The van der Waals surface area contributed by atoms with Gasteiger partial charge >= 0.3 is 0 Å². The first-order valence-electron chi connectivity index (χ1n) is 6.60. The number of hydrogen-bond donors (Lipinski definition) is 2. The predicted molar refractivity (Wildman–Crippen MR) is 73.4 cm³/mol. The fraction of sp³-hybridized carbons (Fsp3) is 0.467. The summed E-state index contributed by atoms with van der Waals surface area (Å²) in [5.41, 5.74) is 0.373. The van der Waals surface area contributed by atoms with Gasteiger partial charge in [-0.15, -0.1) is 0 Å². The molecule has 0 aliphatic heterocycles. The second-order valence-electron chi connectivity index (χ2n) is 5.22. The lowest BCUT2D eigenvalue weighted by Crippen LogP contribution is -2.45. The molecular formula is C15H20FNO2. The van der Waals surface area contributed by atoms with E-state index in [0.29, 0.717) is 12.1 Å². The molecule has 0 radical (unpaired) electrons. The lowest BCUT2D eigenvalue weighted by molar-refractivity contribution is 0.161. The molecular weight excluding hydrogens is 245 g/mol. The van der Waals surface area contributed by atoms with Gasteiger partial charge in [0.25, 0.3) is 0 Å². The number of furan rings is 1.